The second kappa shape index (κ2) is 7.17. The second-order valence-electron chi connectivity index (χ2n) is 6.04. The molecule has 1 unspecified atom stereocenters. The van der Waals surface area contributed by atoms with Crippen molar-refractivity contribution < 1.29 is 18.0 Å². The van der Waals surface area contributed by atoms with E-state index in [1.54, 1.807) is 36.4 Å². The van der Waals surface area contributed by atoms with Crippen LogP contribution in [-0.4, -0.2) is 30.6 Å². The van der Waals surface area contributed by atoms with Crippen molar-refractivity contribution in [3.05, 3.63) is 60.2 Å². The molecule has 26 heavy (non-hydrogen) atoms. The smallest absolute Gasteiger partial charge is 0.267 e. The molecule has 1 atom stereocenters. The fraction of sp³-hybridized carbons (Fsp3) is 0.222. The summed E-state index contributed by atoms with van der Waals surface area (Å²) in [5.41, 5.74) is 6.75. The van der Waals surface area contributed by atoms with Crippen LogP contribution < -0.4 is 10.9 Å². The molecule has 1 fully saturated rings. The van der Waals surface area contributed by atoms with Gasteiger partial charge in [-0.3, -0.25) is 20.4 Å². The monoisotopic (exact) mass is 373 g/mol. The molecule has 8 heteroatoms. The third kappa shape index (κ3) is 3.55. The lowest BCUT2D eigenvalue weighted by atomic mass is 10.2. The van der Waals surface area contributed by atoms with Gasteiger partial charge in [0.2, 0.25) is 5.91 Å². The third-order valence-electron chi connectivity index (χ3n) is 4.14. The van der Waals surface area contributed by atoms with Crippen LogP contribution in [0.25, 0.3) is 0 Å². The number of rotatable bonds is 5. The van der Waals surface area contributed by atoms with E-state index in [-0.39, 0.29) is 17.7 Å². The first-order valence-electron chi connectivity index (χ1n) is 8.14. The number of hydrogen-bond acceptors (Lipinski definition) is 5. The standard InChI is InChI=1S/C18H19N3O4S/c1-13-7-9-15(10-8-13)26(24,25)21-16(11-12-17(21)22)18(23)20-19-14-5-3-2-4-6-14/h2-10,16,19H,11-12H2,1H3,(H,20,23). The van der Waals surface area contributed by atoms with Gasteiger partial charge in [-0.15, -0.1) is 0 Å². The highest BCUT2D eigenvalue weighted by atomic mass is 32.2. The molecule has 1 aliphatic rings. The molecule has 0 saturated carbocycles. The molecule has 0 aromatic heterocycles. The summed E-state index contributed by atoms with van der Waals surface area (Å²) in [5.74, 6) is -1.15. The molecule has 1 saturated heterocycles. The van der Waals surface area contributed by atoms with E-state index in [1.807, 2.05) is 13.0 Å². The highest BCUT2D eigenvalue weighted by molar-refractivity contribution is 7.89. The van der Waals surface area contributed by atoms with Gasteiger partial charge in [0.1, 0.15) is 6.04 Å². The van der Waals surface area contributed by atoms with Crippen LogP contribution in [0.15, 0.2) is 59.5 Å². The predicted molar refractivity (Wildman–Crippen MR) is 96.4 cm³/mol. The van der Waals surface area contributed by atoms with Gasteiger partial charge in [-0.25, -0.2) is 12.7 Å². The van der Waals surface area contributed by atoms with E-state index in [2.05, 4.69) is 10.9 Å². The Balaban J connectivity index is 1.79. The summed E-state index contributed by atoms with van der Waals surface area (Å²) in [6.07, 6.45) is 0.154. The molecule has 2 N–H and O–H groups in total. The average Bonchev–Trinajstić information content (AvgIpc) is 3.03. The van der Waals surface area contributed by atoms with Gasteiger partial charge in [0, 0.05) is 6.42 Å². The number of hydrazine groups is 1. The van der Waals surface area contributed by atoms with Crippen molar-refractivity contribution in [2.45, 2.75) is 30.7 Å². The number of sulfonamides is 1. The Morgan fingerprint density at radius 2 is 1.73 bits per heavy atom. The Morgan fingerprint density at radius 3 is 2.38 bits per heavy atom. The normalized spacial score (nSPS) is 17.2. The van der Waals surface area contributed by atoms with Crippen LogP contribution in [-0.2, 0) is 19.6 Å². The first kappa shape index (κ1) is 17.9. The lowest BCUT2D eigenvalue weighted by Gasteiger charge is -2.24. The zero-order chi connectivity index (χ0) is 18.7. The number of carbonyl (C=O) groups is 2. The van der Waals surface area contributed by atoms with E-state index in [1.165, 1.54) is 12.1 Å². The van der Waals surface area contributed by atoms with Crippen molar-refractivity contribution in [1.82, 2.24) is 9.73 Å². The first-order valence-corrected chi connectivity index (χ1v) is 9.58. The molecule has 0 aliphatic carbocycles. The minimum Gasteiger partial charge on any atom is -0.299 e. The maximum Gasteiger partial charge on any atom is 0.267 e. The van der Waals surface area contributed by atoms with E-state index in [0.29, 0.717) is 9.99 Å². The van der Waals surface area contributed by atoms with Crippen molar-refractivity contribution in [2.75, 3.05) is 5.43 Å². The molecule has 0 spiro atoms. The van der Waals surface area contributed by atoms with E-state index >= 15 is 0 Å². The fourth-order valence-corrected chi connectivity index (χ4v) is 4.37. The minimum atomic E-state index is -4.09. The van der Waals surface area contributed by atoms with Crippen LogP contribution in [0.4, 0.5) is 5.69 Å². The Kier molecular flexibility index (Phi) is 4.94. The van der Waals surface area contributed by atoms with Crippen molar-refractivity contribution in [1.29, 1.82) is 0 Å². The van der Waals surface area contributed by atoms with Gasteiger partial charge in [-0.1, -0.05) is 35.9 Å². The summed E-state index contributed by atoms with van der Waals surface area (Å²) in [4.78, 5) is 24.7. The highest BCUT2D eigenvalue weighted by Gasteiger charge is 2.44. The molecule has 7 nitrogen and oxygen atoms in total. The van der Waals surface area contributed by atoms with Gasteiger partial charge in [-0.2, -0.15) is 0 Å². The highest BCUT2D eigenvalue weighted by Crippen LogP contribution is 2.27. The maximum atomic E-state index is 12.8. The lowest BCUT2D eigenvalue weighted by Crippen LogP contribution is -2.48. The number of para-hydroxylation sites is 1. The molecule has 1 aliphatic heterocycles. The molecular formula is C18H19N3O4S. The third-order valence-corrected chi connectivity index (χ3v) is 5.99. The van der Waals surface area contributed by atoms with Crippen molar-refractivity contribution in [3.8, 4) is 0 Å². The van der Waals surface area contributed by atoms with Crippen molar-refractivity contribution in [2.24, 2.45) is 0 Å². The maximum absolute atomic E-state index is 12.8. The number of amides is 2. The number of benzene rings is 2. The Morgan fingerprint density at radius 1 is 1.08 bits per heavy atom. The van der Waals surface area contributed by atoms with E-state index in [0.717, 1.165) is 5.56 Å². The zero-order valence-corrected chi connectivity index (χ0v) is 15.0. The van der Waals surface area contributed by atoms with Gasteiger partial charge in [0.05, 0.1) is 10.6 Å². The molecule has 0 radical (unpaired) electrons. The molecule has 136 valence electrons. The Hall–Kier alpha value is -2.87. The number of nitrogens with zero attached hydrogens (tertiary/aromatic N) is 1. The Labute approximate surface area is 152 Å². The van der Waals surface area contributed by atoms with Crippen LogP contribution >= 0.6 is 0 Å². The Bertz CT molecular complexity index is 911. The molecule has 3 rings (SSSR count). The minimum absolute atomic E-state index is 0.00725. The van der Waals surface area contributed by atoms with Gasteiger partial charge in [-0.05, 0) is 37.6 Å². The molecular weight excluding hydrogens is 354 g/mol. The summed E-state index contributed by atoms with van der Waals surface area (Å²) in [5, 5.41) is 0. The van der Waals surface area contributed by atoms with Gasteiger partial charge in [0.25, 0.3) is 15.9 Å². The van der Waals surface area contributed by atoms with Crippen molar-refractivity contribution >= 4 is 27.5 Å². The van der Waals surface area contributed by atoms with Gasteiger partial charge < -0.3 is 0 Å². The van der Waals surface area contributed by atoms with E-state index < -0.39 is 27.9 Å². The van der Waals surface area contributed by atoms with Crippen LogP contribution in [0.5, 0.6) is 0 Å². The van der Waals surface area contributed by atoms with Crippen LogP contribution in [0, 0.1) is 6.92 Å². The second-order valence-corrected chi connectivity index (χ2v) is 7.86. The number of hydrogen-bond donors (Lipinski definition) is 2. The fourth-order valence-electron chi connectivity index (χ4n) is 2.76. The van der Waals surface area contributed by atoms with Gasteiger partial charge in [0.15, 0.2) is 0 Å². The summed E-state index contributed by atoms with van der Waals surface area (Å²) in [6.45, 7) is 1.84. The van der Waals surface area contributed by atoms with E-state index in [9.17, 15) is 18.0 Å². The topological polar surface area (TPSA) is 95.6 Å². The number of nitrogens with one attached hydrogen (secondary N) is 2. The summed E-state index contributed by atoms with van der Waals surface area (Å²) >= 11 is 0. The summed E-state index contributed by atoms with van der Waals surface area (Å²) in [6, 6.07) is 14.0. The van der Waals surface area contributed by atoms with Crippen LogP contribution in [0.3, 0.4) is 0 Å². The van der Waals surface area contributed by atoms with Crippen LogP contribution in [0.2, 0.25) is 0 Å². The lowest BCUT2D eigenvalue weighted by molar-refractivity contribution is -0.130. The first-order chi connectivity index (χ1) is 12.4. The average molecular weight is 373 g/mol. The molecule has 2 amide bonds. The predicted octanol–water partition coefficient (Wildman–Crippen LogP) is 1.82. The molecule has 0 bridgehead atoms. The molecule has 2 aromatic carbocycles. The van der Waals surface area contributed by atoms with Gasteiger partial charge >= 0.3 is 0 Å². The van der Waals surface area contributed by atoms with E-state index in [4.69, 9.17) is 0 Å². The number of aryl methyl sites for hydroxylation is 1. The summed E-state index contributed by atoms with van der Waals surface area (Å²) < 4.78 is 26.4. The zero-order valence-electron chi connectivity index (χ0n) is 14.2. The molecule has 2 aromatic rings. The molecule has 1 heterocycles. The summed E-state index contributed by atoms with van der Waals surface area (Å²) in [7, 11) is -4.09. The van der Waals surface area contributed by atoms with Crippen LogP contribution in [0.1, 0.15) is 18.4 Å². The number of anilines is 1. The SMILES string of the molecule is Cc1ccc(S(=O)(=O)N2C(=O)CCC2C(=O)NNc2ccccc2)cc1. The largest absolute Gasteiger partial charge is 0.299 e. The number of carbonyl (C=O) groups excluding carboxylic acids is 2. The van der Waals surface area contributed by atoms with Crippen molar-refractivity contribution in [3.63, 3.8) is 0 Å². The quantitative estimate of drug-likeness (QED) is 0.780.